The van der Waals surface area contributed by atoms with Gasteiger partial charge in [-0.2, -0.15) is 5.26 Å². The number of aromatic hydroxyl groups is 1. The normalized spacial score (nSPS) is 11.0. The van der Waals surface area contributed by atoms with Gasteiger partial charge in [-0.05, 0) is 36.3 Å². The minimum Gasteiger partial charge on any atom is -0.504 e. The molecule has 0 radical (unpaired) electrons. The Morgan fingerprint density at radius 3 is 2.83 bits per heavy atom. The van der Waals surface area contributed by atoms with Crippen molar-refractivity contribution in [3.63, 3.8) is 0 Å². The molecular formula is C17H13BrN2O4. The number of hydrogen-bond donors (Lipinski definition) is 1. The zero-order valence-corrected chi connectivity index (χ0v) is 14.3. The molecule has 0 unspecified atom stereocenters. The molecule has 0 aliphatic heterocycles. The van der Waals surface area contributed by atoms with E-state index in [-0.39, 0.29) is 17.0 Å². The molecule has 122 valence electrons. The molecule has 0 bridgehead atoms. The maximum absolute atomic E-state index is 10.9. The first kappa shape index (κ1) is 17.5. The van der Waals surface area contributed by atoms with Crippen molar-refractivity contribution in [3.8, 4) is 17.6 Å². The number of nitro groups is 1. The molecule has 0 fully saturated rings. The van der Waals surface area contributed by atoms with Crippen LogP contribution in [0.5, 0.6) is 11.5 Å². The van der Waals surface area contributed by atoms with E-state index >= 15 is 0 Å². The van der Waals surface area contributed by atoms with E-state index in [4.69, 9.17) is 4.74 Å². The molecule has 0 aliphatic rings. The van der Waals surface area contributed by atoms with Crippen molar-refractivity contribution in [3.05, 3.63) is 62.1 Å². The summed E-state index contributed by atoms with van der Waals surface area (Å²) >= 11 is 3.32. The number of phenols is 1. The summed E-state index contributed by atoms with van der Waals surface area (Å²) < 4.78 is 5.90. The first-order chi connectivity index (χ1) is 11.5. The van der Waals surface area contributed by atoms with Crippen molar-refractivity contribution in [1.82, 2.24) is 0 Å². The van der Waals surface area contributed by atoms with Gasteiger partial charge in [0.1, 0.15) is 0 Å². The minimum atomic E-state index is -0.512. The van der Waals surface area contributed by atoms with Crippen LogP contribution in [0.15, 0.2) is 40.9 Å². The first-order valence-corrected chi connectivity index (χ1v) is 7.77. The van der Waals surface area contributed by atoms with E-state index in [1.807, 2.05) is 6.07 Å². The number of phenolic OH excluding ortho intramolecular Hbond substituents is 1. The molecule has 0 aromatic heterocycles. The third-order valence-electron chi connectivity index (χ3n) is 3.17. The lowest BCUT2D eigenvalue weighted by Crippen LogP contribution is -1.93. The fraction of sp³-hybridized carbons (Fsp3) is 0.118. The second-order valence-corrected chi connectivity index (χ2v) is 5.61. The number of benzene rings is 2. The molecule has 0 atom stereocenters. The molecular weight excluding hydrogens is 376 g/mol. The van der Waals surface area contributed by atoms with Gasteiger partial charge in [-0.15, -0.1) is 0 Å². The predicted octanol–water partition coefficient (Wildman–Crippen LogP) is 4.53. The largest absolute Gasteiger partial charge is 0.504 e. The number of non-ortho nitro benzene ring substituents is 1. The van der Waals surface area contributed by atoms with Crippen LogP contribution >= 0.6 is 15.9 Å². The minimum absolute atomic E-state index is 0.0188. The Morgan fingerprint density at radius 1 is 1.46 bits per heavy atom. The first-order valence-electron chi connectivity index (χ1n) is 6.98. The van der Waals surface area contributed by atoms with E-state index < -0.39 is 4.92 Å². The zero-order chi connectivity index (χ0) is 17.7. The molecule has 24 heavy (non-hydrogen) atoms. The van der Waals surface area contributed by atoms with Crippen LogP contribution in [0.2, 0.25) is 0 Å². The number of hydrogen-bond acceptors (Lipinski definition) is 5. The molecule has 0 spiro atoms. The Hall–Kier alpha value is -2.85. The molecule has 0 saturated carbocycles. The second-order valence-electron chi connectivity index (χ2n) is 4.75. The van der Waals surface area contributed by atoms with Crippen LogP contribution in [-0.2, 0) is 0 Å². The van der Waals surface area contributed by atoms with Crippen molar-refractivity contribution in [1.29, 1.82) is 5.26 Å². The fourth-order valence-electron chi connectivity index (χ4n) is 2.06. The van der Waals surface area contributed by atoms with Crippen molar-refractivity contribution in [2.75, 3.05) is 6.61 Å². The molecule has 2 aromatic carbocycles. The standard InChI is InChI=1S/C17H13BrN2O4/c1-2-24-17-8-12(15(18)9-16(17)21)6-13(10-19)11-4-3-5-14(7-11)20(22)23/h3-9,21H,2H2,1H3. The van der Waals surface area contributed by atoms with Gasteiger partial charge in [-0.1, -0.05) is 28.1 Å². The van der Waals surface area contributed by atoms with Crippen LogP contribution < -0.4 is 4.74 Å². The summed E-state index contributed by atoms with van der Waals surface area (Å²) in [5.74, 6) is 0.276. The number of nitriles is 1. The van der Waals surface area contributed by atoms with Crippen LogP contribution in [0.3, 0.4) is 0 Å². The number of halogens is 1. The highest BCUT2D eigenvalue weighted by molar-refractivity contribution is 9.10. The van der Waals surface area contributed by atoms with Gasteiger partial charge in [0.2, 0.25) is 0 Å². The zero-order valence-electron chi connectivity index (χ0n) is 12.7. The molecule has 0 aliphatic carbocycles. The van der Waals surface area contributed by atoms with Crippen molar-refractivity contribution >= 4 is 33.3 Å². The lowest BCUT2D eigenvalue weighted by molar-refractivity contribution is -0.384. The summed E-state index contributed by atoms with van der Waals surface area (Å²) in [6.45, 7) is 2.18. The number of ether oxygens (including phenoxy) is 1. The Bertz CT molecular complexity index is 856. The van der Waals surface area contributed by atoms with Crippen LogP contribution in [0.4, 0.5) is 5.69 Å². The van der Waals surface area contributed by atoms with Gasteiger partial charge in [0, 0.05) is 16.6 Å². The molecule has 2 rings (SSSR count). The lowest BCUT2D eigenvalue weighted by Gasteiger charge is -2.09. The number of nitrogens with zero attached hydrogens (tertiary/aromatic N) is 2. The Labute approximate surface area is 146 Å². The number of nitro benzene ring substituents is 1. The average Bonchev–Trinajstić information content (AvgIpc) is 2.56. The van der Waals surface area contributed by atoms with Crippen molar-refractivity contribution < 1.29 is 14.8 Å². The lowest BCUT2D eigenvalue weighted by atomic mass is 10.0. The highest BCUT2D eigenvalue weighted by Gasteiger charge is 2.11. The van der Waals surface area contributed by atoms with E-state index in [9.17, 15) is 20.5 Å². The summed E-state index contributed by atoms with van der Waals surface area (Å²) in [5.41, 5.74) is 1.21. The Morgan fingerprint density at radius 2 is 2.21 bits per heavy atom. The highest BCUT2D eigenvalue weighted by Crippen LogP contribution is 2.34. The molecule has 1 N–H and O–H groups in total. The molecule has 0 amide bonds. The van der Waals surface area contributed by atoms with E-state index in [0.717, 1.165) is 0 Å². The van der Waals surface area contributed by atoms with Gasteiger partial charge in [0.05, 0.1) is 23.2 Å². The summed E-state index contributed by atoms with van der Waals surface area (Å²) in [4.78, 5) is 10.4. The average molecular weight is 389 g/mol. The summed E-state index contributed by atoms with van der Waals surface area (Å²) in [5, 5.41) is 30.1. The van der Waals surface area contributed by atoms with Crippen LogP contribution in [-0.4, -0.2) is 16.6 Å². The van der Waals surface area contributed by atoms with Crippen LogP contribution in [0.1, 0.15) is 18.1 Å². The van der Waals surface area contributed by atoms with E-state index in [1.54, 1.807) is 25.1 Å². The van der Waals surface area contributed by atoms with Gasteiger partial charge in [0.15, 0.2) is 11.5 Å². The van der Waals surface area contributed by atoms with Crippen LogP contribution in [0.25, 0.3) is 11.6 Å². The highest BCUT2D eigenvalue weighted by atomic mass is 79.9. The van der Waals surface area contributed by atoms with Crippen molar-refractivity contribution in [2.45, 2.75) is 6.92 Å². The van der Waals surface area contributed by atoms with Gasteiger partial charge in [-0.3, -0.25) is 10.1 Å². The fourth-order valence-corrected chi connectivity index (χ4v) is 2.51. The molecule has 7 heteroatoms. The second kappa shape index (κ2) is 7.62. The van der Waals surface area contributed by atoms with Gasteiger partial charge in [0.25, 0.3) is 5.69 Å². The monoisotopic (exact) mass is 388 g/mol. The van der Waals surface area contributed by atoms with Crippen LogP contribution in [0, 0.1) is 21.4 Å². The maximum atomic E-state index is 10.9. The predicted molar refractivity (Wildman–Crippen MR) is 93.6 cm³/mol. The number of allylic oxidation sites excluding steroid dienone is 1. The third kappa shape index (κ3) is 3.91. The molecule has 0 saturated heterocycles. The SMILES string of the molecule is CCOc1cc(C=C(C#N)c2cccc([N+](=O)[O-])c2)c(Br)cc1O. The smallest absolute Gasteiger partial charge is 0.270 e. The summed E-state index contributed by atoms with van der Waals surface area (Å²) in [6, 6.07) is 11.0. The summed E-state index contributed by atoms with van der Waals surface area (Å²) in [6.07, 6.45) is 1.57. The Balaban J connectivity index is 2.52. The molecule has 6 nitrogen and oxygen atoms in total. The quantitative estimate of drug-likeness (QED) is 0.351. The maximum Gasteiger partial charge on any atom is 0.270 e. The van der Waals surface area contributed by atoms with E-state index in [1.165, 1.54) is 24.3 Å². The molecule has 2 aromatic rings. The van der Waals surface area contributed by atoms with Gasteiger partial charge < -0.3 is 9.84 Å². The van der Waals surface area contributed by atoms with E-state index in [2.05, 4.69) is 15.9 Å². The van der Waals surface area contributed by atoms with Gasteiger partial charge >= 0.3 is 0 Å². The Kier molecular flexibility index (Phi) is 5.55. The van der Waals surface area contributed by atoms with Crippen molar-refractivity contribution in [2.24, 2.45) is 0 Å². The number of rotatable bonds is 5. The van der Waals surface area contributed by atoms with E-state index in [0.29, 0.717) is 28.0 Å². The summed E-state index contributed by atoms with van der Waals surface area (Å²) in [7, 11) is 0. The third-order valence-corrected chi connectivity index (χ3v) is 3.85. The molecule has 0 heterocycles. The topological polar surface area (TPSA) is 96.4 Å². The van der Waals surface area contributed by atoms with Gasteiger partial charge in [-0.25, -0.2) is 0 Å².